The molecular formula is C12H16N2OS. The first-order valence-corrected chi connectivity index (χ1v) is 6.89. The van der Waals surface area contributed by atoms with Gasteiger partial charge in [0.2, 0.25) is 0 Å². The fraction of sp³-hybridized carbons (Fsp3) is 0.417. The van der Waals surface area contributed by atoms with E-state index >= 15 is 0 Å². The first kappa shape index (κ1) is 11.5. The molecule has 0 bridgehead atoms. The van der Waals surface area contributed by atoms with Gasteiger partial charge in [0.15, 0.2) is 0 Å². The van der Waals surface area contributed by atoms with Crippen molar-refractivity contribution in [2.24, 2.45) is 0 Å². The van der Waals surface area contributed by atoms with E-state index in [1.165, 1.54) is 11.1 Å². The number of aromatic nitrogens is 1. The average molecular weight is 236 g/mol. The topological polar surface area (TPSA) is 33.2 Å². The van der Waals surface area contributed by atoms with Gasteiger partial charge >= 0.3 is 0 Å². The summed E-state index contributed by atoms with van der Waals surface area (Å²) in [6, 6.07) is 4.07. The van der Waals surface area contributed by atoms with Gasteiger partial charge < -0.3 is 0 Å². The third kappa shape index (κ3) is 2.39. The van der Waals surface area contributed by atoms with Crippen LogP contribution in [0, 0.1) is 6.92 Å². The molecule has 1 aromatic rings. The van der Waals surface area contributed by atoms with Gasteiger partial charge in [0.05, 0.1) is 11.0 Å². The summed E-state index contributed by atoms with van der Waals surface area (Å²) in [7, 11) is -0.856. The maximum absolute atomic E-state index is 11.3. The molecule has 3 nitrogen and oxygen atoms in total. The molecule has 0 saturated heterocycles. The largest absolute Gasteiger partial charge is 0.261 e. The second-order valence-electron chi connectivity index (χ2n) is 3.93. The highest BCUT2D eigenvalue weighted by molar-refractivity contribution is 7.81. The summed E-state index contributed by atoms with van der Waals surface area (Å²) >= 11 is 0. The Balaban J connectivity index is 2.19. The molecule has 1 atom stereocenters. The summed E-state index contributed by atoms with van der Waals surface area (Å²) in [6.07, 6.45) is 6.66. The molecule has 1 aliphatic heterocycles. The summed E-state index contributed by atoms with van der Waals surface area (Å²) < 4.78 is 13.3. The van der Waals surface area contributed by atoms with Gasteiger partial charge in [-0.15, -0.1) is 0 Å². The zero-order valence-corrected chi connectivity index (χ0v) is 10.5. The van der Waals surface area contributed by atoms with Crippen LogP contribution in [-0.2, 0) is 11.0 Å². The van der Waals surface area contributed by atoms with Crippen molar-refractivity contribution < 1.29 is 4.21 Å². The minimum Gasteiger partial charge on any atom is -0.261 e. The summed E-state index contributed by atoms with van der Waals surface area (Å²) in [5, 5.41) is 0. The van der Waals surface area contributed by atoms with Gasteiger partial charge in [0.1, 0.15) is 0 Å². The average Bonchev–Trinajstić information content (AvgIpc) is 2.30. The maximum Gasteiger partial charge on any atom is 0.0913 e. The van der Waals surface area contributed by atoms with E-state index in [1.807, 2.05) is 23.5 Å². The molecule has 0 saturated carbocycles. The van der Waals surface area contributed by atoms with Crippen molar-refractivity contribution in [2.45, 2.75) is 13.3 Å². The lowest BCUT2D eigenvalue weighted by Gasteiger charge is -2.24. The quantitative estimate of drug-likeness (QED) is 0.784. The molecule has 86 valence electrons. The van der Waals surface area contributed by atoms with Gasteiger partial charge in [-0.05, 0) is 30.5 Å². The van der Waals surface area contributed by atoms with Crippen LogP contribution in [0.2, 0.25) is 0 Å². The van der Waals surface area contributed by atoms with Crippen molar-refractivity contribution in [3.05, 3.63) is 35.7 Å². The molecule has 0 amide bonds. The number of nitrogens with zero attached hydrogens (tertiary/aromatic N) is 2. The first-order valence-electron chi connectivity index (χ1n) is 5.38. The van der Waals surface area contributed by atoms with E-state index in [1.54, 1.807) is 6.26 Å². The number of hydrogen-bond donors (Lipinski definition) is 0. The maximum atomic E-state index is 11.3. The van der Waals surface area contributed by atoms with Crippen LogP contribution in [-0.4, -0.2) is 32.8 Å². The molecule has 0 radical (unpaired) electrons. The zero-order valence-electron chi connectivity index (χ0n) is 9.64. The molecule has 0 fully saturated rings. The van der Waals surface area contributed by atoms with Crippen molar-refractivity contribution in [3.8, 4) is 0 Å². The molecule has 0 spiro atoms. The zero-order chi connectivity index (χ0) is 11.5. The standard InChI is InChI=1S/C12H16N2OS/c1-10-12(4-3-7-13-10)11-5-8-14(9-6-11)16(2)15/h3-5,7H,6,8-9H2,1-2H3. The Hall–Kier alpha value is -1.00. The smallest absolute Gasteiger partial charge is 0.0913 e. The fourth-order valence-corrected chi connectivity index (χ4v) is 2.59. The summed E-state index contributed by atoms with van der Waals surface area (Å²) in [5.74, 6) is 0. The molecule has 1 aromatic heterocycles. The van der Waals surface area contributed by atoms with Crippen LogP contribution >= 0.6 is 0 Å². The molecule has 0 aromatic carbocycles. The number of aryl methyl sites for hydroxylation is 1. The predicted molar refractivity (Wildman–Crippen MR) is 67.2 cm³/mol. The van der Waals surface area contributed by atoms with E-state index < -0.39 is 11.0 Å². The predicted octanol–water partition coefficient (Wildman–Crippen LogP) is 1.77. The van der Waals surface area contributed by atoms with E-state index in [9.17, 15) is 4.21 Å². The van der Waals surface area contributed by atoms with E-state index in [0.29, 0.717) is 0 Å². The Morgan fingerprint density at radius 3 is 2.88 bits per heavy atom. The third-order valence-corrected chi connectivity index (χ3v) is 3.95. The van der Waals surface area contributed by atoms with Crippen molar-refractivity contribution >= 4 is 16.6 Å². The highest BCUT2D eigenvalue weighted by Crippen LogP contribution is 2.24. The number of rotatable bonds is 2. The Bertz CT molecular complexity index is 442. The first-order chi connectivity index (χ1) is 7.68. The molecule has 16 heavy (non-hydrogen) atoms. The van der Waals surface area contributed by atoms with E-state index in [0.717, 1.165) is 25.2 Å². The normalized spacial score (nSPS) is 19.2. The number of hydrogen-bond acceptors (Lipinski definition) is 2. The van der Waals surface area contributed by atoms with Crippen molar-refractivity contribution in [3.63, 3.8) is 0 Å². The van der Waals surface area contributed by atoms with Gasteiger partial charge in [0.25, 0.3) is 0 Å². The van der Waals surface area contributed by atoms with Crippen LogP contribution in [0.3, 0.4) is 0 Å². The fourth-order valence-electron chi connectivity index (χ4n) is 1.95. The molecule has 2 rings (SSSR count). The lowest BCUT2D eigenvalue weighted by molar-refractivity contribution is 0.486. The second-order valence-corrected chi connectivity index (χ2v) is 5.29. The van der Waals surface area contributed by atoms with Gasteiger partial charge in [-0.1, -0.05) is 12.1 Å². The highest BCUT2D eigenvalue weighted by atomic mass is 32.2. The lowest BCUT2D eigenvalue weighted by Crippen LogP contribution is -2.29. The van der Waals surface area contributed by atoms with Crippen LogP contribution < -0.4 is 0 Å². The van der Waals surface area contributed by atoms with Crippen LogP contribution in [0.1, 0.15) is 17.7 Å². The van der Waals surface area contributed by atoms with E-state index in [4.69, 9.17) is 0 Å². The molecule has 0 N–H and O–H groups in total. The molecular weight excluding hydrogens is 220 g/mol. The Labute approximate surface area is 98.8 Å². The highest BCUT2D eigenvalue weighted by Gasteiger charge is 2.16. The van der Waals surface area contributed by atoms with Crippen molar-refractivity contribution in [2.75, 3.05) is 19.3 Å². The van der Waals surface area contributed by atoms with Crippen LogP contribution in [0.25, 0.3) is 5.57 Å². The monoisotopic (exact) mass is 236 g/mol. The van der Waals surface area contributed by atoms with Gasteiger partial charge in [-0.25, -0.2) is 8.51 Å². The van der Waals surface area contributed by atoms with E-state index in [-0.39, 0.29) is 0 Å². The summed E-state index contributed by atoms with van der Waals surface area (Å²) in [5.41, 5.74) is 3.62. The van der Waals surface area contributed by atoms with Crippen molar-refractivity contribution in [1.82, 2.24) is 9.29 Å². The van der Waals surface area contributed by atoms with Gasteiger partial charge in [0, 0.05) is 31.2 Å². The number of pyridine rings is 1. The lowest BCUT2D eigenvalue weighted by atomic mass is 9.99. The van der Waals surface area contributed by atoms with Crippen LogP contribution in [0.5, 0.6) is 0 Å². The molecule has 2 heterocycles. The second kappa shape index (κ2) is 4.89. The summed E-state index contributed by atoms with van der Waals surface area (Å²) in [4.78, 5) is 4.29. The van der Waals surface area contributed by atoms with E-state index in [2.05, 4.69) is 17.1 Å². The van der Waals surface area contributed by atoms with Crippen LogP contribution in [0.4, 0.5) is 0 Å². The van der Waals surface area contributed by atoms with Gasteiger partial charge in [-0.3, -0.25) is 4.98 Å². The molecule has 1 aliphatic rings. The molecule has 0 aliphatic carbocycles. The minimum absolute atomic E-state index is 0.771. The Morgan fingerprint density at radius 2 is 2.31 bits per heavy atom. The van der Waals surface area contributed by atoms with Gasteiger partial charge in [-0.2, -0.15) is 0 Å². The minimum atomic E-state index is -0.856. The third-order valence-electron chi connectivity index (χ3n) is 2.89. The SMILES string of the molecule is Cc1ncccc1C1=CCN(S(C)=O)CC1. The molecule has 1 unspecified atom stereocenters. The van der Waals surface area contributed by atoms with Crippen LogP contribution in [0.15, 0.2) is 24.4 Å². The van der Waals surface area contributed by atoms with Crippen molar-refractivity contribution in [1.29, 1.82) is 0 Å². The Morgan fingerprint density at radius 1 is 1.50 bits per heavy atom. The summed E-state index contributed by atoms with van der Waals surface area (Å²) in [6.45, 7) is 3.66. The Kier molecular flexibility index (Phi) is 3.51. The molecule has 4 heteroatoms.